The van der Waals surface area contributed by atoms with Gasteiger partial charge in [-0.25, -0.2) is 4.99 Å². The zero-order chi connectivity index (χ0) is 31.5. The van der Waals surface area contributed by atoms with Crippen LogP contribution in [0.25, 0.3) is 20.9 Å². The van der Waals surface area contributed by atoms with Gasteiger partial charge in [0.15, 0.2) is 17.5 Å². The fourth-order valence-electron chi connectivity index (χ4n) is 8.22. The van der Waals surface area contributed by atoms with E-state index in [2.05, 4.69) is 20.1 Å². The number of aliphatic imine (C=N–C) groups is 1. The lowest BCUT2D eigenvalue weighted by atomic mass is 9.69. The molecule has 13 heteroatoms. The van der Waals surface area contributed by atoms with E-state index in [1.54, 1.807) is 0 Å². The summed E-state index contributed by atoms with van der Waals surface area (Å²) in [7, 11) is 0. The number of nitrogens with zero attached hydrogens (tertiary/aromatic N) is 8. The Balaban J connectivity index is 1.53. The van der Waals surface area contributed by atoms with E-state index in [0.717, 1.165) is 88.2 Å². The van der Waals surface area contributed by atoms with Gasteiger partial charge in [0, 0.05) is 55.1 Å². The first kappa shape index (κ1) is 33.5. The molecule has 2 aliphatic heterocycles. The predicted molar refractivity (Wildman–Crippen MR) is 169 cm³/mol. The highest BCUT2D eigenvalue weighted by molar-refractivity contribution is 5.95. The molecule has 0 spiro atoms. The molecule has 13 nitrogen and oxygen atoms in total. The quantitative estimate of drug-likeness (QED) is 0.0861. The Morgan fingerprint density at radius 2 is 1.73 bits per heavy atom. The maximum atomic E-state index is 15.0. The van der Waals surface area contributed by atoms with Crippen molar-refractivity contribution in [3.63, 3.8) is 0 Å². The summed E-state index contributed by atoms with van der Waals surface area (Å²) >= 11 is 0. The van der Waals surface area contributed by atoms with Crippen molar-refractivity contribution < 1.29 is 24.1 Å². The number of carbonyl (C=O) groups is 1. The van der Waals surface area contributed by atoms with Crippen LogP contribution < -0.4 is 0 Å². The lowest BCUT2D eigenvalue weighted by molar-refractivity contribution is -0.144. The summed E-state index contributed by atoms with van der Waals surface area (Å²) in [5.41, 5.74) is 19.3. The summed E-state index contributed by atoms with van der Waals surface area (Å²) < 4.78 is 18.6. The number of hydrogen-bond donors (Lipinski definition) is 1. The molecule has 0 aromatic heterocycles. The smallest absolute Gasteiger partial charge is 0.255 e. The number of carbonyl (C=O) groups excluding carboxylic acids is 1. The molecule has 4 atom stereocenters. The van der Waals surface area contributed by atoms with E-state index in [1.807, 2.05) is 4.90 Å². The van der Waals surface area contributed by atoms with Crippen LogP contribution >= 0.6 is 0 Å². The molecule has 0 aromatic carbocycles. The molecule has 3 fully saturated rings. The van der Waals surface area contributed by atoms with Gasteiger partial charge in [0.05, 0.1) is 19.3 Å². The number of amides is 1. The van der Waals surface area contributed by atoms with Crippen LogP contribution in [0.1, 0.15) is 89.9 Å². The minimum absolute atomic E-state index is 0.00105. The fraction of sp³-hybridized carbons (Fsp3) is 0.875. The average Bonchev–Trinajstić information content (AvgIpc) is 3.47. The Morgan fingerprint density at radius 3 is 2.47 bits per heavy atom. The van der Waals surface area contributed by atoms with Gasteiger partial charge in [-0.05, 0) is 92.7 Å². The van der Waals surface area contributed by atoms with Gasteiger partial charge in [0.25, 0.3) is 5.91 Å². The van der Waals surface area contributed by atoms with Crippen molar-refractivity contribution in [1.82, 2.24) is 4.90 Å². The first-order chi connectivity index (χ1) is 22.1. The molecule has 3 aliphatic carbocycles. The molecule has 5 aliphatic rings. The second-order valence-electron chi connectivity index (χ2n) is 13.3. The summed E-state index contributed by atoms with van der Waals surface area (Å²) in [6.45, 7) is 3.43. The second-order valence-corrected chi connectivity index (χ2v) is 13.3. The molecule has 1 saturated heterocycles. The number of aliphatic hydroxyl groups excluding tert-OH is 1. The molecular formula is C32H50N8O5. The average molecular weight is 627 g/mol. The van der Waals surface area contributed by atoms with E-state index in [0.29, 0.717) is 58.2 Å². The van der Waals surface area contributed by atoms with Crippen LogP contribution in [-0.4, -0.2) is 92.2 Å². The second kappa shape index (κ2) is 16.7. The minimum atomic E-state index is -1.13. The molecule has 5 rings (SSSR count). The largest absolute Gasteiger partial charge is 0.470 e. The highest BCUT2D eigenvalue weighted by atomic mass is 16.5. The van der Waals surface area contributed by atoms with Crippen LogP contribution in [0.15, 0.2) is 26.4 Å². The van der Waals surface area contributed by atoms with Crippen LogP contribution in [0.2, 0.25) is 0 Å². The first-order valence-electron chi connectivity index (χ1n) is 17.2. The van der Waals surface area contributed by atoms with Crippen molar-refractivity contribution in [3.8, 4) is 0 Å². The normalized spacial score (nSPS) is 32.2. The van der Waals surface area contributed by atoms with Gasteiger partial charge in [-0.3, -0.25) is 4.79 Å². The van der Waals surface area contributed by atoms with Gasteiger partial charge in [0.1, 0.15) is 0 Å². The monoisotopic (exact) mass is 626 g/mol. The summed E-state index contributed by atoms with van der Waals surface area (Å²) in [5.74, 6) is 1.14. The zero-order valence-electron chi connectivity index (χ0n) is 26.6. The standard InChI is InChI=1S/C32H50N8O5/c33-38-35-21-25-7-2-1-6-24(25)20-32(31(42)40-14-18-43-19-15-40)29(28-9-4-3-8-26(28)22-36-39-34)45-30(37-32)23-10-12-27(13-11-23)44-17-5-16-41/h23-25,27,29,41H,1-22H2/t23?,24?,25?,27?,29-,32-/m0/s1. The third-order valence-corrected chi connectivity index (χ3v) is 10.6. The van der Waals surface area contributed by atoms with Crippen molar-refractivity contribution in [2.24, 2.45) is 33.0 Å². The first-order valence-corrected chi connectivity index (χ1v) is 17.2. The molecular weight excluding hydrogens is 576 g/mol. The fourth-order valence-corrected chi connectivity index (χ4v) is 8.22. The highest BCUT2D eigenvalue weighted by Gasteiger charge is 2.57. The Kier molecular flexibility index (Phi) is 12.4. The van der Waals surface area contributed by atoms with Crippen LogP contribution in [0.5, 0.6) is 0 Å². The lowest BCUT2D eigenvalue weighted by Crippen LogP contribution is -2.58. The molecule has 2 unspecified atom stereocenters. The third-order valence-electron chi connectivity index (χ3n) is 10.6. The van der Waals surface area contributed by atoms with Crippen LogP contribution in [0.3, 0.4) is 0 Å². The van der Waals surface area contributed by atoms with Gasteiger partial charge in [-0.2, -0.15) is 0 Å². The molecule has 0 radical (unpaired) electrons. The van der Waals surface area contributed by atoms with Gasteiger partial charge in [-0.1, -0.05) is 41.5 Å². The van der Waals surface area contributed by atoms with Gasteiger partial charge in [-0.15, -0.1) is 0 Å². The van der Waals surface area contributed by atoms with Gasteiger partial charge in [0.2, 0.25) is 0 Å². The number of rotatable bonds is 13. The van der Waals surface area contributed by atoms with Crippen molar-refractivity contribution in [1.29, 1.82) is 0 Å². The van der Waals surface area contributed by atoms with E-state index in [9.17, 15) is 10.3 Å². The Morgan fingerprint density at radius 1 is 1.00 bits per heavy atom. The number of azide groups is 2. The van der Waals surface area contributed by atoms with Gasteiger partial charge < -0.3 is 24.2 Å². The molecule has 45 heavy (non-hydrogen) atoms. The van der Waals surface area contributed by atoms with E-state index in [1.165, 1.54) is 0 Å². The number of morpholine rings is 1. The molecule has 0 aromatic rings. The van der Waals surface area contributed by atoms with Crippen molar-refractivity contribution in [2.45, 2.75) is 108 Å². The molecule has 0 bridgehead atoms. The number of aliphatic hydroxyl groups is 1. The Hall–Kier alpha value is -2.82. The number of hydrogen-bond acceptors (Lipinski definition) is 8. The van der Waals surface area contributed by atoms with E-state index in [-0.39, 0.29) is 42.9 Å². The summed E-state index contributed by atoms with van der Waals surface area (Å²) in [4.78, 5) is 28.5. The minimum Gasteiger partial charge on any atom is -0.470 e. The topological polar surface area (TPSA) is 178 Å². The van der Waals surface area contributed by atoms with E-state index < -0.39 is 11.6 Å². The van der Waals surface area contributed by atoms with Crippen LogP contribution in [0, 0.1) is 17.8 Å². The van der Waals surface area contributed by atoms with Gasteiger partial charge >= 0.3 is 0 Å². The number of ether oxygens (including phenoxy) is 3. The highest BCUT2D eigenvalue weighted by Crippen LogP contribution is 2.48. The van der Waals surface area contributed by atoms with Crippen molar-refractivity contribution in [2.75, 3.05) is 52.6 Å². The molecule has 2 saturated carbocycles. The van der Waals surface area contributed by atoms with Crippen LogP contribution in [-0.2, 0) is 19.0 Å². The summed E-state index contributed by atoms with van der Waals surface area (Å²) in [6, 6.07) is 0. The maximum absolute atomic E-state index is 15.0. The summed E-state index contributed by atoms with van der Waals surface area (Å²) in [5, 5.41) is 17.1. The Bertz CT molecular complexity index is 1170. The van der Waals surface area contributed by atoms with E-state index >= 15 is 0 Å². The molecule has 1 N–H and O–H groups in total. The van der Waals surface area contributed by atoms with Crippen molar-refractivity contribution >= 4 is 11.8 Å². The van der Waals surface area contributed by atoms with E-state index in [4.69, 9.17) is 29.8 Å². The zero-order valence-corrected chi connectivity index (χ0v) is 26.6. The van der Waals surface area contributed by atoms with Crippen molar-refractivity contribution in [3.05, 3.63) is 32.0 Å². The molecule has 248 valence electrons. The Labute approximate surface area is 266 Å². The molecule has 1 amide bonds. The third kappa shape index (κ3) is 8.13. The maximum Gasteiger partial charge on any atom is 0.255 e. The predicted octanol–water partition coefficient (Wildman–Crippen LogP) is 6.03. The van der Waals surface area contributed by atoms with Crippen LogP contribution in [0.4, 0.5) is 0 Å². The summed E-state index contributed by atoms with van der Waals surface area (Å²) in [6.07, 6.45) is 12.0. The lowest BCUT2D eigenvalue weighted by Gasteiger charge is -2.42. The SMILES string of the molecule is [N-]=[N+]=NCC1=C([C@@H]2OC(C3CCC(OCCCO)CC3)=N[C@]2(CC2CCCCC2CN=[N+]=[N-])C(=O)N2CCOCC2)CCCC1. The molecule has 2 heterocycles.